The van der Waals surface area contributed by atoms with Gasteiger partial charge in [-0.1, -0.05) is 17.7 Å². The first kappa shape index (κ1) is 24.6. The molecule has 3 amide bonds. The zero-order chi connectivity index (χ0) is 24.9. The molecule has 8 nitrogen and oxygen atoms in total. The van der Waals surface area contributed by atoms with Crippen molar-refractivity contribution in [2.75, 3.05) is 33.0 Å². The van der Waals surface area contributed by atoms with Gasteiger partial charge in [-0.25, -0.2) is 0 Å². The van der Waals surface area contributed by atoms with Gasteiger partial charge in [-0.3, -0.25) is 14.4 Å². The summed E-state index contributed by atoms with van der Waals surface area (Å²) in [5, 5.41) is 3.01. The van der Waals surface area contributed by atoms with Gasteiger partial charge in [-0.15, -0.1) is 0 Å². The van der Waals surface area contributed by atoms with Gasteiger partial charge in [0.05, 0.1) is 0 Å². The summed E-state index contributed by atoms with van der Waals surface area (Å²) in [6, 6.07) is 11.9. The van der Waals surface area contributed by atoms with Gasteiger partial charge in [0.1, 0.15) is 6.04 Å². The summed E-state index contributed by atoms with van der Waals surface area (Å²) in [5.41, 5.74) is 2.15. The number of carbonyl (C=O) groups excluding carboxylic acids is 3. The van der Waals surface area contributed by atoms with E-state index in [-0.39, 0.29) is 30.4 Å². The standard InChI is InChI=1S/C27H33N3O5/c1-4-29(5-2)27(33)24(28-25(31)20-8-6-18(3)7-9-20)19-12-14-30(15-13-19)26(32)21-10-11-22-23(16-21)35-17-34-22/h6-11,16,19,24H,4-5,12-15,17H2,1-3H3,(H,28,31). The van der Waals surface area contributed by atoms with Crippen molar-refractivity contribution in [3.63, 3.8) is 0 Å². The van der Waals surface area contributed by atoms with Gasteiger partial charge >= 0.3 is 0 Å². The highest BCUT2D eigenvalue weighted by molar-refractivity contribution is 5.98. The lowest BCUT2D eigenvalue weighted by Crippen LogP contribution is -2.54. The van der Waals surface area contributed by atoms with E-state index in [1.807, 2.05) is 32.9 Å². The molecule has 0 aliphatic carbocycles. The van der Waals surface area contributed by atoms with Crippen LogP contribution >= 0.6 is 0 Å². The average molecular weight is 480 g/mol. The number of nitrogens with one attached hydrogen (secondary N) is 1. The third-order valence-electron chi connectivity index (χ3n) is 6.86. The van der Waals surface area contributed by atoms with Gasteiger partial charge in [0.2, 0.25) is 12.7 Å². The van der Waals surface area contributed by atoms with Crippen molar-refractivity contribution in [2.24, 2.45) is 5.92 Å². The Kier molecular flexibility index (Phi) is 7.58. The van der Waals surface area contributed by atoms with E-state index in [1.165, 1.54) is 0 Å². The monoisotopic (exact) mass is 479 g/mol. The molecule has 4 rings (SSSR count). The van der Waals surface area contributed by atoms with Crippen LogP contribution in [-0.2, 0) is 4.79 Å². The van der Waals surface area contributed by atoms with Crippen molar-refractivity contribution in [1.29, 1.82) is 0 Å². The van der Waals surface area contributed by atoms with Gasteiger partial charge in [-0.2, -0.15) is 0 Å². The zero-order valence-corrected chi connectivity index (χ0v) is 20.6. The molecule has 186 valence electrons. The molecule has 35 heavy (non-hydrogen) atoms. The maximum Gasteiger partial charge on any atom is 0.253 e. The molecule has 1 N–H and O–H groups in total. The number of aryl methyl sites for hydroxylation is 1. The van der Waals surface area contributed by atoms with Crippen LogP contribution in [0, 0.1) is 12.8 Å². The van der Waals surface area contributed by atoms with Gasteiger partial charge in [-0.05, 0) is 69.9 Å². The number of rotatable bonds is 7. The molecule has 1 unspecified atom stereocenters. The van der Waals surface area contributed by atoms with Gasteiger partial charge < -0.3 is 24.6 Å². The van der Waals surface area contributed by atoms with Crippen LogP contribution in [0.25, 0.3) is 0 Å². The Morgan fingerprint density at radius 3 is 2.26 bits per heavy atom. The Bertz CT molecular complexity index is 1070. The van der Waals surface area contributed by atoms with Crippen LogP contribution in [0.3, 0.4) is 0 Å². The molecule has 1 saturated heterocycles. The second-order valence-electron chi connectivity index (χ2n) is 9.03. The molecule has 2 heterocycles. The molecule has 2 aromatic rings. The normalized spacial score (nSPS) is 16.0. The molecule has 0 aromatic heterocycles. The summed E-state index contributed by atoms with van der Waals surface area (Å²) in [6.07, 6.45) is 1.25. The smallest absolute Gasteiger partial charge is 0.253 e. The highest BCUT2D eigenvalue weighted by Gasteiger charge is 2.36. The Morgan fingerprint density at radius 2 is 1.60 bits per heavy atom. The van der Waals surface area contributed by atoms with E-state index in [1.54, 1.807) is 40.1 Å². The highest BCUT2D eigenvalue weighted by Crippen LogP contribution is 2.33. The minimum atomic E-state index is -0.633. The van der Waals surface area contributed by atoms with Crippen LogP contribution in [-0.4, -0.2) is 66.5 Å². The second kappa shape index (κ2) is 10.8. The lowest BCUT2D eigenvalue weighted by molar-refractivity contribution is -0.134. The third-order valence-corrected chi connectivity index (χ3v) is 6.86. The zero-order valence-electron chi connectivity index (χ0n) is 20.6. The number of piperidine rings is 1. The third kappa shape index (κ3) is 5.42. The van der Waals surface area contributed by atoms with Crippen molar-refractivity contribution in [1.82, 2.24) is 15.1 Å². The number of carbonyl (C=O) groups is 3. The van der Waals surface area contributed by atoms with Gasteiger partial charge in [0.25, 0.3) is 11.8 Å². The molecule has 2 aromatic carbocycles. The fraction of sp³-hybridized carbons (Fsp3) is 0.444. The van der Waals surface area contributed by atoms with Crippen LogP contribution in [0.15, 0.2) is 42.5 Å². The van der Waals surface area contributed by atoms with Crippen LogP contribution in [0.5, 0.6) is 11.5 Å². The Balaban J connectivity index is 1.45. The first-order valence-electron chi connectivity index (χ1n) is 12.3. The molecule has 0 saturated carbocycles. The van der Waals surface area contributed by atoms with Crippen molar-refractivity contribution >= 4 is 17.7 Å². The summed E-state index contributed by atoms with van der Waals surface area (Å²) in [7, 11) is 0. The lowest BCUT2D eigenvalue weighted by atomic mass is 9.87. The molecule has 8 heteroatoms. The van der Waals surface area contributed by atoms with Gasteiger partial charge in [0, 0.05) is 37.3 Å². The predicted molar refractivity (Wildman–Crippen MR) is 132 cm³/mol. The summed E-state index contributed by atoms with van der Waals surface area (Å²) in [5.74, 6) is 0.762. The number of hydrogen-bond acceptors (Lipinski definition) is 5. The molecule has 0 radical (unpaired) electrons. The Hall–Kier alpha value is -3.55. The fourth-order valence-electron chi connectivity index (χ4n) is 4.69. The quantitative estimate of drug-likeness (QED) is 0.659. The maximum absolute atomic E-state index is 13.4. The van der Waals surface area contributed by atoms with Crippen molar-refractivity contribution in [3.8, 4) is 11.5 Å². The van der Waals surface area contributed by atoms with Crippen LogP contribution in [0.4, 0.5) is 0 Å². The molecular weight excluding hydrogens is 446 g/mol. The van der Waals surface area contributed by atoms with E-state index >= 15 is 0 Å². The highest BCUT2D eigenvalue weighted by atomic mass is 16.7. The molecule has 2 aliphatic heterocycles. The molecule has 2 aliphatic rings. The largest absolute Gasteiger partial charge is 0.454 e. The van der Waals surface area contributed by atoms with E-state index in [0.717, 1.165) is 5.56 Å². The van der Waals surface area contributed by atoms with Gasteiger partial charge in [0.15, 0.2) is 11.5 Å². The second-order valence-corrected chi connectivity index (χ2v) is 9.03. The van der Waals surface area contributed by atoms with E-state index in [0.29, 0.717) is 61.6 Å². The number of likely N-dealkylation sites (N-methyl/N-ethyl adjacent to an activating group) is 1. The SMILES string of the molecule is CCN(CC)C(=O)C(NC(=O)c1ccc(C)cc1)C1CCN(C(=O)c2ccc3c(c2)OCO3)CC1. The number of likely N-dealkylation sites (tertiary alicyclic amines) is 1. The van der Waals surface area contributed by atoms with Crippen molar-refractivity contribution in [3.05, 3.63) is 59.2 Å². The number of ether oxygens (including phenoxy) is 2. The first-order valence-corrected chi connectivity index (χ1v) is 12.3. The van der Waals surface area contributed by atoms with E-state index < -0.39 is 6.04 Å². The van der Waals surface area contributed by atoms with E-state index in [9.17, 15) is 14.4 Å². The van der Waals surface area contributed by atoms with Crippen LogP contribution < -0.4 is 14.8 Å². The Labute approximate surface area is 206 Å². The van der Waals surface area contributed by atoms with Crippen LogP contribution in [0.1, 0.15) is 53.0 Å². The van der Waals surface area contributed by atoms with E-state index in [2.05, 4.69) is 5.32 Å². The molecular formula is C27H33N3O5. The van der Waals surface area contributed by atoms with Crippen molar-refractivity contribution < 1.29 is 23.9 Å². The topological polar surface area (TPSA) is 88.2 Å². The number of nitrogens with zero attached hydrogens (tertiary/aromatic N) is 2. The average Bonchev–Trinajstić information content (AvgIpc) is 3.36. The van der Waals surface area contributed by atoms with Crippen LogP contribution in [0.2, 0.25) is 0 Å². The number of benzene rings is 2. The lowest BCUT2D eigenvalue weighted by Gasteiger charge is -2.37. The first-order chi connectivity index (χ1) is 16.9. The molecule has 1 fully saturated rings. The minimum Gasteiger partial charge on any atom is -0.454 e. The summed E-state index contributed by atoms with van der Waals surface area (Å²) in [6.45, 7) is 8.18. The molecule has 1 atom stereocenters. The number of amides is 3. The number of hydrogen-bond donors (Lipinski definition) is 1. The Morgan fingerprint density at radius 1 is 0.971 bits per heavy atom. The fourth-order valence-corrected chi connectivity index (χ4v) is 4.69. The molecule has 0 bridgehead atoms. The summed E-state index contributed by atoms with van der Waals surface area (Å²) in [4.78, 5) is 43.0. The summed E-state index contributed by atoms with van der Waals surface area (Å²) < 4.78 is 10.7. The summed E-state index contributed by atoms with van der Waals surface area (Å²) >= 11 is 0. The van der Waals surface area contributed by atoms with E-state index in [4.69, 9.17) is 9.47 Å². The number of fused-ring (bicyclic) bond motifs is 1. The van der Waals surface area contributed by atoms with Crippen molar-refractivity contribution in [2.45, 2.75) is 39.7 Å². The predicted octanol–water partition coefficient (Wildman–Crippen LogP) is 3.24. The minimum absolute atomic E-state index is 0.0571. The molecule has 0 spiro atoms. The maximum atomic E-state index is 13.4.